The van der Waals surface area contributed by atoms with Crippen LogP contribution >= 0.6 is 0 Å². The van der Waals surface area contributed by atoms with Crippen molar-refractivity contribution in [3.8, 4) is 5.88 Å². The lowest BCUT2D eigenvalue weighted by atomic mass is 9.86. The van der Waals surface area contributed by atoms with Crippen molar-refractivity contribution in [2.45, 2.75) is 51.8 Å². The molecule has 0 aliphatic heterocycles. The highest BCUT2D eigenvalue weighted by Gasteiger charge is 2.26. The van der Waals surface area contributed by atoms with Gasteiger partial charge in [0.1, 0.15) is 23.8 Å². The fourth-order valence-electron chi connectivity index (χ4n) is 4.12. The number of benzene rings is 2. The van der Waals surface area contributed by atoms with E-state index in [1.807, 2.05) is 0 Å². The molecule has 1 aliphatic rings. The Morgan fingerprint density at radius 2 is 1.78 bits per heavy atom. The van der Waals surface area contributed by atoms with Crippen LogP contribution in [0.2, 0.25) is 0 Å². The summed E-state index contributed by atoms with van der Waals surface area (Å²) in [6.07, 6.45) is 5.93. The smallest absolute Gasteiger partial charge is 0.258 e. The van der Waals surface area contributed by atoms with Crippen LogP contribution in [0.15, 0.2) is 54.7 Å². The second-order valence-electron chi connectivity index (χ2n) is 8.44. The van der Waals surface area contributed by atoms with Crippen LogP contribution in [-0.2, 0) is 13.2 Å². The van der Waals surface area contributed by atoms with Gasteiger partial charge in [0.15, 0.2) is 0 Å². The van der Waals surface area contributed by atoms with Gasteiger partial charge in [0, 0.05) is 12.2 Å². The summed E-state index contributed by atoms with van der Waals surface area (Å²) in [5.74, 6) is -0.352. The second-order valence-corrected chi connectivity index (χ2v) is 8.44. The molecule has 0 bridgehead atoms. The van der Waals surface area contributed by atoms with Gasteiger partial charge in [-0.05, 0) is 54.2 Å². The third-order valence-electron chi connectivity index (χ3n) is 5.90. The zero-order valence-corrected chi connectivity index (χ0v) is 18.1. The van der Waals surface area contributed by atoms with Crippen LogP contribution in [0.1, 0.15) is 54.1 Å². The molecule has 2 atom stereocenters. The third kappa shape index (κ3) is 5.52. The molecule has 168 valence electrons. The summed E-state index contributed by atoms with van der Waals surface area (Å²) in [5, 5.41) is 7.55. The average molecular weight is 440 g/mol. The van der Waals surface area contributed by atoms with Gasteiger partial charge in [0.05, 0.1) is 6.54 Å². The van der Waals surface area contributed by atoms with Gasteiger partial charge in [-0.2, -0.15) is 0 Å². The van der Waals surface area contributed by atoms with E-state index in [-0.39, 0.29) is 36.1 Å². The highest BCUT2D eigenvalue weighted by atomic mass is 19.1. The van der Waals surface area contributed by atoms with Crippen molar-refractivity contribution in [1.82, 2.24) is 15.1 Å². The van der Waals surface area contributed by atoms with Gasteiger partial charge in [0.2, 0.25) is 5.88 Å². The van der Waals surface area contributed by atoms with Crippen molar-refractivity contribution in [2.24, 2.45) is 5.92 Å². The first-order valence-corrected chi connectivity index (χ1v) is 11.0. The highest BCUT2D eigenvalue weighted by molar-refractivity contribution is 5.96. The van der Waals surface area contributed by atoms with Crippen LogP contribution in [-0.4, -0.2) is 21.7 Å². The number of aromatic nitrogens is 2. The Morgan fingerprint density at radius 1 is 1.09 bits per heavy atom. The summed E-state index contributed by atoms with van der Waals surface area (Å²) in [6.45, 7) is 2.52. The maximum absolute atomic E-state index is 13.6. The van der Waals surface area contributed by atoms with Crippen LogP contribution in [0.5, 0.6) is 5.88 Å². The summed E-state index contributed by atoms with van der Waals surface area (Å²) < 4.78 is 34.5. The van der Waals surface area contributed by atoms with Gasteiger partial charge >= 0.3 is 0 Å². The number of carbonyl (C=O) groups excluding carboxylic acids is 1. The maximum Gasteiger partial charge on any atom is 0.258 e. The van der Waals surface area contributed by atoms with Crippen molar-refractivity contribution in [3.05, 3.63) is 83.1 Å². The van der Waals surface area contributed by atoms with Crippen molar-refractivity contribution in [3.63, 3.8) is 0 Å². The van der Waals surface area contributed by atoms with Gasteiger partial charge in [-0.1, -0.05) is 44.0 Å². The van der Waals surface area contributed by atoms with Crippen LogP contribution in [0.4, 0.5) is 8.78 Å². The lowest BCUT2D eigenvalue weighted by Crippen LogP contribution is -2.41. The first kappa shape index (κ1) is 22.0. The first-order chi connectivity index (χ1) is 15.5. The molecule has 1 N–H and O–H groups in total. The Bertz CT molecular complexity index is 1080. The molecular formula is C25H27F2N3O2. The minimum Gasteiger partial charge on any atom is -0.471 e. The Kier molecular flexibility index (Phi) is 6.83. The van der Waals surface area contributed by atoms with Crippen molar-refractivity contribution in [2.75, 3.05) is 0 Å². The molecule has 2 aromatic carbocycles. The molecule has 5 nitrogen and oxygen atoms in total. The lowest BCUT2D eigenvalue weighted by molar-refractivity contribution is 0.0905. The summed E-state index contributed by atoms with van der Waals surface area (Å²) in [6, 6.07) is 12.4. The first-order valence-electron chi connectivity index (χ1n) is 11.0. The Balaban J connectivity index is 1.55. The SMILES string of the molecule is CC1CCCCC1NC(=O)c1cn(Cc2cccc(F)c2)nc1OCc1cccc(F)c1. The van der Waals surface area contributed by atoms with Crippen LogP contribution in [0.25, 0.3) is 0 Å². The minimum absolute atomic E-state index is 0.0782. The predicted molar refractivity (Wildman–Crippen MR) is 117 cm³/mol. The zero-order chi connectivity index (χ0) is 22.5. The Hall–Kier alpha value is -3.22. The van der Waals surface area contributed by atoms with E-state index in [4.69, 9.17) is 4.74 Å². The molecule has 0 radical (unpaired) electrons. The normalized spacial score (nSPS) is 18.3. The van der Waals surface area contributed by atoms with Crippen LogP contribution < -0.4 is 10.1 Å². The molecule has 1 aromatic heterocycles. The van der Waals surface area contributed by atoms with Gasteiger partial charge in [0.25, 0.3) is 5.91 Å². The fourth-order valence-corrected chi connectivity index (χ4v) is 4.12. The van der Waals surface area contributed by atoms with E-state index >= 15 is 0 Å². The molecule has 0 saturated heterocycles. The summed E-state index contributed by atoms with van der Waals surface area (Å²) >= 11 is 0. The largest absolute Gasteiger partial charge is 0.471 e. The number of ether oxygens (including phenoxy) is 1. The predicted octanol–water partition coefficient (Wildman–Crippen LogP) is 5.10. The third-order valence-corrected chi connectivity index (χ3v) is 5.90. The number of carbonyl (C=O) groups is 1. The minimum atomic E-state index is -0.355. The molecule has 4 rings (SSSR count). The molecule has 2 unspecified atom stereocenters. The quantitative estimate of drug-likeness (QED) is 0.557. The number of nitrogens with one attached hydrogen (secondary N) is 1. The van der Waals surface area contributed by atoms with E-state index < -0.39 is 0 Å². The zero-order valence-electron chi connectivity index (χ0n) is 18.1. The number of hydrogen-bond acceptors (Lipinski definition) is 3. The Labute approximate surface area is 186 Å². The molecule has 7 heteroatoms. The van der Waals surface area contributed by atoms with Gasteiger partial charge < -0.3 is 10.1 Å². The second kappa shape index (κ2) is 9.94. The van der Waals surface area contributed by atoms with Crippen LogP contribution in [0, 0.1) is 17.6 Å². The van der Waals surface area contributed by atoms with Crippen molar-refractivity contribution < 1.29 is 18.3 Å². The van der Waals surface area contributed by atoms with E-state index in [9.17, 15) is 13.6 Å². The van der Waals surface area contributed by atoms with Crippen molar-refractivity contribution in [1.29, 1.82) is 0 Å². The molecule has 1 aliphatic carbocycles. The molecule has 1 fully saturated rings. The van der Waals surface area contributed by atoms with Crippen molar-refractivity contribution >= 4 is 5.91 Å². The standard InChI is InChI=1S/C25H27F2N3O2/c1-17-6-2-3-11-23(17)28-24(31)22-15-30(14-18-7-4-9-20(26)12-18)29-25(22)32-16-19-8-5-10-21(27)13-19/h4-5,7-10,12-13,15,17,23H,2-3,6,11,14,16H2,1H3,(H,28,31). The van der Waals surface area contributed by atoms with Gasteiger partial charge in [-0.3, -0.25) is 9.48 Å². The Morgan fingerprint density at radius 3 is 2.50 bits per heavy atom. The molecule has 3 aromatic rings. The molecule has 32 heavy (non-hydrogen) atoms. The topological polar surface area (TPSA) is 56.2 Å². The molecule has 1 saturated carbocycles. The average Bonchev–Trinajstić information content (AvgIpc) is 3.17. The van der Waals surface area contributed by atoms with Gasteiger partial charge in [-0.15, -0.1) is 5.10 Å². The summed E-state index contributed by atoms with van der Waals surface area (Å²) in [4.78, 5) is 13.1. The number of rotatable bonds is 7. The molecule has 1 amide bonds. The van der Waals surface area contributed by atoms with Crippen LogP contribution in [0.3, 0.4) is 0 Å². The number of halogens is 2. The number of nitrogens with zero attached hydrogens (tertiary/aromatic N) is 2. The molecule has 0 spiro atoms. The monoisotopic (exact) mass is 439 g/mol. The van der Waals surface area contributed by atoms with E-state index in [2.05, 4.69) is 17.3 Å². The summed E-state index contributed by atoms with van der Waals surface area (Å²) in [7, 11) is 0. The number of hydrogen-bond donors (Lipinski definition) is 1. The molecule has 1 heterocycles. The molecular weight excluding hydrogens is 412 g/mol. The van der Waals surface area contributed by atoms with E-state index in [1.165, 1.54) is 30.7 Å². The number of amides is 1. The van der Waals surface area contributed by atoms with Gasteiger partial charge in [-0.25, -0.2) is 8.78 Å². The van der Waals surface area contributed by atoms with E-state index in [1.54, 1.807) is 35.1 Å². The summed E-state index contributed by atoms with van der Waals surface area (Å²) in [5.41, 5.74) is 1.67. The lowest BCUT2D eigenvalue weighted by Gasteiger charge is -2.29. The maximum atomic E-state index is 13.6. The van der Waals surface area contributed by atoms with E-state index in [0.29, 0.717) is 23.6 Å². The highest BCUT2D eigenvalue weighted by Crippen LogP contribution is 2.25. The fraction of sp³-hybridized carbons (Fsp3) is 0.360. The van der Waals surface area contributed by atoms with E-state index in [0.717, 1.165) is 24.8 Å².